The van der Waals surface area contributed by atoms with Gasteiger partial charge in [-0.25, -0.2) is 0 Å². The topological polar surface area (TPSA) is 17.1 Å². The van der Waals surface area contributed by atoms with Gasteiger partial charge < -0.3 is 0 Å². The van der Waals surface area contributed by atoms with Crippen molar-refractivity contribution >= 4 is 5.78 Å². The van der Waals surface area contributed by atoms with Crippen LogP contribution in [0, 0.1) is 46.3 Å². The van der Waals surface area contributed by atoms with E-state index in [0.29, 0.717) is 16.6 Å². The molecule has 0 aromatic heterocycles. The number of hydrogen-bond donors (Lipinski definition) is 0. The van der Waals surface area contributed by atoms with Crippen molar-refractivity contribution in [2.45, 2.75) is 98.8 Å². The number of carbonyl (C=O) groups is 1. The van der Waals surface area contributed by atoms with Crippen LogP contribution in [0.1, 0.15) is 98.8 Å². The SMILES string of the molecule is CCC(C=CCC1CCC2C3CCC4=CC(=O)CCC4(C)C3CCC12C)C(C)C. The highest BCUT2D eigenvalue weighted by atomic mass is 16.1. The molecule has 1 heteroatoms. The minimum atomic E-state index is 0.321. The standard InChI is InChI=1S/C28H44O/c1-6-20(19(2)3)8-7-9-21-11-13-25-24-12-10-22-18-23(29)14-16-28(22,5)26(24)15-17-27(21,25)4/h7-8,18-21,24-26H,6,9-17H2,1-5H3. The normalized spacial score (nSPS) is 43.1. The maximum absolute atomic E-state index is 12.0. The second kappa shape index (κ2) is 8.01. The van der Waals surface area contributed by atoms with E-state index in [4.69, 9.17) is 0 Å². The van der Waals surface area contributed by atoms with Gasteiger partial charge in [-0.3, -0.25) is 4.79 Å². The quantitative estimate of drug-likeness (QED) is 0.434. The summed E-state index contributed by atoms with van der Waals surface area (Å²) in [6.07, 6.45) is 19.8. The molecule has 0 bridgehead atoms. The van der Waals surface area contributed by atoms with Crippen molar-refractivity contribution in [3.05, 3.63) is 23.8 Å². The molecule has 7 unspecified atom stereocenters. The molecular weight excluding hydrogens is 352 g/mol. The van der Waals surface area contributed by atoms with Crippen LogP contribution in [0.4, 0.5) is 0 Å². The first-order valence-electron chi connectivity index (χ1n) is 12.7. The Balaban J connectivity index is 1.48. The van der Waals surface area contributed by atoms with E-state index in [9.17, 15) is 4.79 Å². The predicted octanol–water partition coefficient (Wildman–Crippen LogP) is 7.76. The van der Waals surface area contributed by atoms with Gasteiger partial charge in [0.05, 0.1) is 0 Å². The predicted molar refractivity (Wildman–Crippen MR) is 123 cm³/mol. The lowest BCUT2D eigenvalue weighted by Crippen LogP contribution is -2.50. The summed E-state index contributed by atoms with van der Waals surface area (Å²) >= 11 is 0. The third-order valence-electron chi connectivity index (χ3n) is 10.3. The lowest BCUT2D eigenvalue weighted by atomic mass is 9.47. The smallest absolute Gasteiger partial charge is 0.155 e. The summed E-state index contributed by atoms with van der Waals surface area (Å²) < 4.78 is 0. The third kappa shape index (κ3) is 3.59. The monoisotopic (exact) mass is 396 g/mol. The van der Waals surface area contributed by atoms with Crippen LogP contribution in [0.3, 0.4) is 0 Å². The molecule has 0 N–H and O–H groups in total. The summed E-state index contributed by atoms with van der Waals surface area (Å²) in [5, 5.41) is 0. The fraction of sp³-hybridized carbons (Fsp3) is 0.821. The van der Waals surface area contributed by atoms with Crippen LogP contribution >= 0.6 is 0 Å². The summed E-state index contributed by atoms with van der Waals surface area (Å²) in [4.78, 5) is 12.0. The molecule has 0 aromatic carbocycles. The van der Waals surface area contributed by atoms with Crippen molar-refractivity contribution in [1.82, 2.24) is 0 Å². The van der Waals surface area contributed by atoms with Crippen molar-refractivity contribution in [3.63, 3.8) is 0 Å². The van der Waals surface area contributed by atoms with Gasteiger partial charge in [-0.05, 0) is 110 Å². The van der Waals surface area contributed by atoms with Gasteiger partial charge in [-0.15, -0.1) is 0 Å². The van der Waals surface area contributed by atoms with E-state index in [0.717, 1.165) is 48.3 Å². The lowest BCUT2D eigenvalue weighted by molar-refractivity contribution is -0.117. The van der Waals surface area contributed by atoms with Crippen LogP contribution in [-0.4, -0.2) is 5.78 Å². The van der Waals surface area contributed by atoms with Gasteiger partial charge in [-0.1, -0.05) is 52.3 Å². The molecule has 1 nitrogen and oxygen atoms in total. The average molecular weight is 397 g/mol. The fourth-order valence-electron chi connectivity index (χ4n) is 8.30. The van der Waals surface area contributed by atoms with Gasteiger partial charge in [0.1, 0.15) is 0 Å². The fourth-order valence-corrected chi connectivity index (χ4v) is 8.30. The van der Waals surface area contributed by atoms with E-state index in [1.165, 1.54) is 56.9 Å². The Bertz CT molecular complexity index is 684. The number of rotatable bonds is 5. The highest BCUT2D eigenvalue weighted by Crippen LogP contribution is 2.67. The molecule has 0 amide bonds. The van der Waals surface area contributed by atoms with E-state index in [-0.39, 0.29) is 0 Å². The summed E-state index contributed by atoms with van der Waals surface area (Å²) in [5.41, 5.74) is 2.38. The molecule has 0 aliphatic heterocycles. The van der Waals surface area contributed by atoms with Crippen molar-refractivity contribution in [2.75, 3.05) is 0 Å². The van der Waals surface area contributed by atoms with E-state index in [2.05, 4.69) is 52.8 Å². The first-order valence-corrected chi connectivity index (χ1v) is 12.7. The summed E-state index contributed by atoms with van der Waals surface area (Å²) in [7, 11) is 0. The van der Waals surface area contributed by atoms with Crippen LogP contribution in [0.2, 0.25) is 0 Å². The second-order valence-corrected chi connectivity index (χ2v) is 11.8. The van der Waals surface area contributed by atoms with Gasteiger partial charge in [0.15, 0.2) is 5.78 Å². The minimum absolute atomic E-state index is 0.321. The molecule has 0 spiro atoms. The van der Waals surface area contributed by atoms with Gasteiger partial charge >= 0.3 is 0 Å². The maximum atomic E-state index is 12.0. The molecular formula is C28H44O. The van der Waals surface area contributed by atoms with Crippen molar-refractivity contribution < 1.29 is 4.79 Å². The molecule has 0 radical (unpaired) electrons. The first-order chi connectivity index (χ1) is 13.8. The number of carbonyl (C=O) groups excluding carboxylic acids is 1. The van der Waals surface area contributed by atoms with Gasteiger partial charge in [-0.2, -0.15) is 0 Å². The van der Waals surface area contributed by atoms with Crippen molar-refractivity contribution in [2.24, 2.45) is 46.3 Å². The second-order valence-electron chi connectivity index (χ2n) is 11.8. The Labute approximate surface area is 179 Å². The molecule has 3 fully saturated rings. The Hall–Kier alpha value is -0.850. The van der Waals surface area contributed by atoms with Gasteiger partial charge in [0, 0.05) is 6.42 Å². The largest absolute Gasteiger partial charge is 0.295 e. The summed E-state index contributed by atoms with van der Waals surface area (Å²) in [6, 6.07) is 0. The van der Waals surface area contributed by atoms with Crippen LogP contribution < -0.4 is 0 Å². The Morgan fingerprint density at radius 2 is 1.86 bits per heavy atom. The third-order valence-corrected chi connectivity index (χ3v) is 10.3. The van der Waals surface area contributed by atoms with Crippen LogP contribution in [0.5, 0.6) is 0 Å². The van der Waals surface area contributed by atoms with E-state index in [1.54, 1.807) is 0 Å². The molecule has 7 atom stereocenters. The van der Waals surface area contributed by atoms with Crippen LogP contribution in [0.25, 0.3) is 0 Å². The Kier molecular flexibility index (Phi) is 5.91. The highest BCUT2D eigenvalue weighted by molar-refractivity contribution is 5.91. The van der Waals surface area contributed by atoms with Gasteiger partial charge in [0.25, 0.3) is 0 Å². The zero-order chi connectivity index (χ0) is 20.8. The molecule has 4 rings (SSSR count). The molecule has 0 heterocycles. The average Bonchev–Trinajstić information content (AvgIpc) is 3.02. The maximum Gasteiger partial charge on any atom is 0.155 e. The highest BCUT2D eigenvalue weighted by Gasteiger charge is 2.58. The molecule has 0 saturated heterocycles. The Morgan fingerprint density at radius 1 is 1.07 bits per heavy atom. The van der Waals surface area contributed by atoms with Gasteiger partial charge in [0.2, 0.25) is 0 Å². The first kappa shape index (κ1) is 21.4. The van der Waals surface area contributed by atoms with Crippen molar-refractivity contribution in [1.29, 1.82) is 0 Å². The molecule has 3 saturated carbocycles. The van der Waals surface area contributed by atoms with E-state index in [1.807, 2.05) is 0 Å². The molecule has 4 aliphatic rings. The number of allylic oxidation sites excluding steroid dienone is 3. The van der Waals surface area contributed by atoms with E-state index >= 15 is 0 Å². The summed E-state index contributed by atoms with van der Waals surface area (Å²) in [5.74, 6) is 5.41. The van der Waals surface area contributed by atoms with Crippen molar-refractivity contribution in [3.8, 4) is 0 Å². The molecule has 4 aliphatic carbocycles. The zero-order valence-corrected chi connectivity index (χ0v) is 19.7. The minimum Gasteiger partial charge on any atom is -0.295 e. The molecule has 29 heavy (non-hydrogen) atoms. The number of ketones is 1. The Morgan fingerprint density at radius 3 is 2.59 bits per heavy atom. The van der Waals surface area contributed by atoms with Crippen LogP contribution in [0.15, 0.2) is 23.8 Å². The lowest BCUT2D eigenvalue weighted by Gasteiger charge is -2.58. The molecule has 162 valence electrons. The molecule has 0 aromatic rings. The number of hydrogen-bond acceptors (Lipinski definition) is 1. The van der Waals surface area contributed by atoms with E-state index < -0.39 is 0 Å². The van der Waals surface area contributed by atoms with Crippen LogP contribution in [-0.2, 0) is 4.79 Å². The number of fused-ring (bicyclic) bond motifs is 5. The summed E-state index contributed by atoms with van der Waals surface area (Å²) in [6.45, 7) is 12.2. The zero-order valence-electron chi connectivity index (χ0n) is 19.7.